The van der Waals surface area contributed by atoms with Crippen molar-refractivity contribution < 1.29 is 14.7 Å². The predicted octanol–water partition coefficient (Wildman–Crippen LogP) is 3.14. The van der Waals surface area contributed by atoms with Gasteiger partial charge in [-0.3, -0.25) is 9.59 Å². The highest BCUT2D eigenvalue weighted by atomic mass is 16.4. The lowest BCUT2D eigenvalue weighted by atomic mass is 9.99. The lowest BCUT2D eigenvalue weighted by Crippen LogP contribution is -1.91. The summed E-state index contributed by atoms with van der Waals surface area (Å²) in [7, 11) is 0. The summed E-state index contributed by atoms with van der Waals surface area (Å²) < 4.78 is 0. The van der Waals surface area contributed by atoms with E-state index in [4.69, 9.17) is 5.11 Å². The summed E-state index contributed by atoms with van der Waals surface area (Å²) in [6.07, 6.45) is 3.98. The lowest BCUT2D eigenvalue weighted by Gasteiger charge is -2.05. The Bertz CT molecular complexity index is 627. The molecule has 2 aromatic carbocycles. The number of hydrogen-bond acceptors (Lipinski definition) is 2. The minimum atomic E-state index is -0.890. The summed E-state index contributed by atoms with van der Waals surface area (Å²) in [6, 6.07) is 11.3. The second kappa shape index (κ2) is 5.27. The summed E-state index contributed by atoms with van der Waals surface area (Å²) >= 11 is 0. The van der Waals surface area contributed by atoms with Crippen molar-refractivity contribution in [3.8, 4) is 0 Å². The van der Waals surface area contributed by atoms with Crippen LogP contribution in [0.4, 0.5) is 0 Å². The van der Waals surface area contributed by atoms with E-state index in [1.807, 2.05) is 30.3 Å². The topological polar surface area (TPSA) is 54.4 Å². The highest BCUT2D eigenvalue weighted by Crippen LogP contribution is 2.23. The Morgan fingerprint density at radius 1 is 1.17 bits per heavy atom. The van der Waals surface area contributed by atoms with Crippen LogP contribution in [-0.2, 0) is 4.79 Å². The quantitative estimate of drug-likeness (QED) is 0.835. The van der Waals surface area contributed by atoms with Gasteiger partial charge in [0.15, 0.2) is 6.29 Å². The number of fused-ring (bicyclic) bond motifs is 1. The number of carboxylic acids is 1. The van der Waals surface area contributed by atoms with E-state index in [0.717, 1.165) is 22.6 Å². The molecule has 0 atom stereocenters. The first kappa shape index (κ1) is 12.0. The van der Waals surface area contributed by atoms with Crippen LogP contribution in [0.3, 0.4) is 0 Å². The zero-order valence-corrected chi connectivity index (χ0v) is 9.67. The van der Waals surface area contributed by atoms with E-state index in [1.165, 1.54) is 0 Å². The molecule has 2 aromatic rings. The maximum atomic E-state index is 11.0. The van der Waals surface area contributed by atoms with Gasteiger partial charge in [0.2, 0.25) is 0 Å². The van der Waals surface area contributed by atoms with Crippen LogP contribution in [0.15, 0.2) is 42.5 Å². The SMILES string of the molecule is O=Cc1ccc2ccccc2c1C=CCC(=O)O. The van der Waals surface area contributed by atoms with Gasteiger partial charge in [-0.15, -0.1) is 0 Å². The highest BCUT2D eigenvalue weighted by Gasteiger charge is 2.04. The van der Waals surface area contributed by atoms with Crippen LogP contribution in [0.1, 0.15) is 22.3 Å². The summed E-state index contributed by atoms with van der Waals surface area (Å²) in [5.41, 5.74) is 1.33. The van der Waals surface area contributed by atoms with Crippen LogP contribution in [-0.4, -0.2) is 17.4 Å². The fourth-order valence-corrected chi connectivity index (χ4v) is 1.88. The maximum Gasteiger partial charge on any atom is 0.307 e. The van der Waals surface area contributed by atoms with Gasteiger partial charge in [0.1, 0.15) is 0 Å². The number of rotatable bonds is 4. The number of carbonyl (C=O) groups excluding carboxylic acids is 1. The highest BCUT2D eigenvalue weighted by molar-refractivity contribution is 5.98. The number of aldehydes is 1. The van der Waals surface area contributed by atoms with Gasteiger partial charge in [0.25, 0.3) is 0 Å². The largest absolute Gasteiger partial charge is 0.481 e. The van der Waals surface area contributed by atoms with Crippen molar-refractivity contribution in [1.82, 2.24) is 0 Å². The molecule has 0 aliphatic heterocycles. The number of aliphatic carboxylic acids is 1. The molecule has 3 nitrogen and oxygen atoms in total. The molecule has 3 heteroatoms. The Morgan fingerprint density at radius 3 is 2.67 bits per heavy atom. The van der Waals surface area contributed by atoms with E-state index in [1.54, 1.807) is 18.2 Å². The normalized spacial score (nSPS) is 10.9. The van der Waals surface area contributed by atoms with Crippen LogP contribution in [0.5, 0.6) is 0 Å². The van der Waals surface area contributed by atoms with Gasteiger partial charge in [0, 0.05) is 5.56 Å². The predicted molar refractivity (Wildman–Crippen MR) is 70.6 cm³/mol. The molecule has 18 heavy (non-hydrogen) atoms. The van der Waals surface area contributed by atoms with Crippen molar-refractivity contribution in [2.75, 3.05) is 0 Å². The van der Waals surface area contributed by atoms with Gasteiger partial charge in [-0.05, 0) is 16.3 Å². The van der Waals surface area contributed by atoms with Crippen molar-refractivity contribution in [3.05, 3.63) is 53.6 Å². The lowest BCUT2D eigenvalue weighted by molar-refractivity contribution is -0.135. The molecule has 0 heterocycles. The molecule has 0 saturated heterocycles. The molecule has 0 fully saturated rings. The molecule has 0 amide bonds. The number of hydrogen-bond donors (Lipinski definition) is 1. The van der Waals surface area contributed by atoms with Crippen LogP contribution in [0.25, 0.3) is 16.8 Å². The van der Waals surface area contributed by atoms with Crippen molar-refractivity contribution in [2.45, 2.75) is 6.42 Å². The molecule has 0 aliphatic carbocycles. The van der Waals surface area contributed by atoms with Crippen molar-refractivity contribution in [3.63, 3.8) is 0 Å². The Hall–Kier alpha value is -2.42. The molecular formula is C15H12O3. The standard InChI is InChI=1S/C15H12O3/c16-10-12-9-8-11-4-1-2-5-13(11)14(12)6-3-7-15(17)18/h1-6,8-10H,7H2,(H,17,18). The third-order valence-corrected chi connectivity index (χ3v) is 2.71. The van der Waals surface area contributed by atoms with Gasteiger partial charge < -0.3 is 5.11 Å². The zero-order chi connectivity index (χ0) is 13.0. The summed E-state index contributed by atoms with van der Waals surface area (Å²) in [6.45, 7) is 0. The second-order valence-electron chi connectivity index (χ2n) is 3.91. The van der Waals surface area contributed by atoms with Gasteiger partial charge >= 0.3 is 5.97 Å². The smallest absolute Gasteiger partial charge is 0.307 e. The van der Waals surface area contributed by atoms with Crippen LogP contribution < -0.4 is 0 Å². The number of carboxylic acid groups (broad SMARTS) is 1. The average molecular weight is 240 g/mol. The molecule has 0 aliphatic rings. The molecule has 90 valence electrons. The minimum absolute atomic E-state index is 0.0540. The Kier molecular flexibility index (Phi) is 3.53. The average Bonchev–Trinajstić information content (AvgIpc) is 2.38. The Balaban J connectivity index is 2.54. The molecule has 2 rings (SSSR count). The second-order valence-corrected chi connectivity index (χ2v) is 3.91. The first-order chi connectivity index (χ1) is 8.72. The minimum Gasteiger partial charge on any atom is -0.481 e. The third kappa shape index (κ3) is 2.46. The molecule has 0 spiro atoms. The zero-order valence-electron chi connectivity index (χ0n) is 9.67. The van der Waals surface area contributed by atoms with Gasteiger partial charge in [0.05, 0.1) is 6.42 Å². The van der Waals surface area contributed by atoms with Gasteiger partial charge in [-0.25, -0.2) is 0 Å². The van der Waals surface area contributed by atoms with E-state index < -0.39 is 5.97 Å². The van der Waals surface area contributed by atoms with E-state index in [-0.39, 0.29) is 6.42 Å². The van der Waals surface area contributed by atoms with Gasteiger partial charge in [-0.2, -0.15) is 0 Å². The van der Waals surface area contributed by atoms with Crippen LogP contribution in [0.2, 0.25) is 0 Å². The Labute approximate surface area is 104 Å². The van der Waals surface area contributed by atoms with Crippen LogP contribution >= 0.6 is 0 Å². The number of benzene rings is 2. The Morgan fingerprint density at radius 2 is 1.94 bits per heavy atom. The summed E-state index contributed by atoms with van der Waals surface area (Å²) in [5, 5.41) is 10.6. The fraction of sp³-hybridized carbons (Fsp3) is 0.0667. The van der Waals surface area contributed by atoms with Crippen LogP contribution in [0, 0.1) is 0 Å². The molecular weight excluding hydrogens is 228 g/mol. The molecule has 1 N–H and O–H groups in total. The third-order valence-electron chi connectivity index (χ3n) is 2.71. The molecule has 0 aromatic heterocycles. The van der Waals surface area contributed by atoms with E-state index in [9.17, 15) is 9.59 Å². The van der Waals surface area contributed by atoms with Crippen molar-refractivity contribution >= 4 is 29.1 Å². The maximum absolute atomic E-state index is 11.0. The molecule has 0 saturated carbocycles. The monoisotopic (exact) mass is 240 g/mol. The molecule has 0 bridgehead atoms. The molecule has 0 unspecified atom stereocenters. The summed E-state index contributed by atoms with van der Waals surface area (Å²) in [4.78, 5) is 21.5. The fourth-order valence-electron chi connectivity index (χ4n) is 1.88. The first-order valence-electron chi connectivity index (χ1n) is 5.57. The molecule has 0 radical (unpaired) electrons. The van der Waals surface area contributed by atoms with Crippen molar-refractivity contribution in [1.29, 1.82) is 0 Å². The van der Waals surface area contributed by atoms with Gasteiger partial charge in [-0.1, -0.05) is 48.6 Å². The van der Waals surface area contributed by atoms with E-state index in [0.29, 0.717) is 5.56 Å². The summed E-state index contributed by atoms with van der Waals surface area (Å²) in [5.74, 6) is -0.890. The first-order valence-corrected chi connectivity index (χ1v) is 5.57. The van der Waals surface area contributed by atoms with E-state index in [2.05, 4.69) is 0 Å². The van der Waals surface area contributed by atoms with E-state index >= 15 is 0 Å². The van der Waals surface area contributed by atoms with Crippen molar-refractivity contribution in [2.24, 2.45) is 0 Å². The number of carbonyl (C=O) groups is 2.